The van der Waals surface area contributed by atoms with Gasteiger partial charge in [-0.25, -0.2) is 0 Å². The van der Waals surface area contributed by atoms with Crippen LogP contribution in [-0.4, -0.2) is 20.7 Å². The number of aryl methyl sites for hydroxylation is 1. The average Bonchev–Trinajstić information content (AvgIpc) is 2.85. The first-order valence-corrected chi connectivity index (χ1v) is 5.76. The van der Waals surface area contributed by atoms with Crippen molar-refractivity contribution < 1.29 is 4.79 Å². The van der Waals surface area contributed by atoms with Crippen LogP contribution in [0.5, 0.6) is 0 Å². The Morgan fingerprint density at radius 1 is 1.50 bits per heavy atom. The third kappa shape index (κ3) is 2.37. The van der Waals surface area contributed by atoms with Gasteiger partial charge in [0.05, 0.1) is 5.69 Å². The summed E-state index contributed by atoms with van der Waals surface area (Å²) < 4.78 is 1.68. The number of anilines is 2. The molecule has 0 saturated carbocycles. The van der Waals surface area contributed by atoms with Gasteiger partial charge >= 0.3 is 0 Å². The molecule has 0 aliphatic heterocycles. The molecule has 2 aromatic heterocycles. The molecule has 0 atom stereocenters. The van der Waals surface area contributed by atoms with Gasteiger partial charge in [-0.1, -0.05) is 13.8 Å². The number of hydrogen-bond donors (Lipinski definition) is 3. The van der Waals surface area contributed by atoms with Crippen molar-refractivity contribution in [3.63, 3.8) is 0 Å². The minimum absolute atomic E-state index is 0.226. The lowest BCUT2D eigenvalue weighted by atomic mass is 10.1. The van der Waals surface area contributed by atoms with E-state index in [4.69, 9.17) is 5.73 Å². The number of nitrogen functional groups attached to an aromatic ring is 1. The lowest BCUT2D eigenvalue weighted by molar-refractivity contribution is 0.101. The first-order valence-electron chi connectivity index (χ1n) is 5.76. The van der Waals surface area contributed by atoms with Crippen LogP contribution in [-0.2, 0) is 7.05 Å². The topological polar surface area (TPSA) is 88.7 Å². The van der Waals surface area contributed by atoms with Crippen molar-refractivity contribution in [1.82, 2.24) is 14.8 Å². The Labute approximate surface area is 105 Å². The molecule has 18 heavy (non-hydrogen) atoms. The normalized spacial score (nSPS) is 10.9. The molecule has 0 fully saturated rings. The molecule has 6 heteroatoms. The summed E-state index contributed by atoms with van der Waals surface area (Å²) in [7, 11) is 1.77. The number of hydrogen-bond acceptors (Lipinski definition) is 3. The minimum atomic E-state index is -0.226. The molecule has 0 aliphatic rings. The van der Waals surface area contributed by atoms with Gasteiger partial charge in [-0.3, -0.25) is 9.89 Å². The zero-order valence-electron chi connectivity index (χ0n) is 10.7. The zero-order valence-corrected chi connectivity index (χ0v) is 10.7. The largest absolute Gasteiger partial charge is 0.397 e. The van der Waals surface area contributed by atoms with Crippen molar-refractivity contribution in [2.24, 2.45) is 7.05 Å². The SMILES string of the molecule is CC(C)c1cc(NC(=O)c2cc(N)cn2C)n[nH]1. The Morgan fingerprint density at radius 2 is 2.22 bits per heavy atom. The van der Waals surface area contributed by atoms with Crippen molar-refractivity contribution in [1.29, 1.82) is 0 Å². The Kier molecular flexibility index (Phi) is 3.10. The molecule has 0 bridgehead atoms. The van der Waals surface area contributed by atoms with Crippen LogP contribution in [0.25, 0.3) is 0 Å². The van der Waals surface area contributed by atoms with E-state index in [1.807, 2.05) is 6.07 Å². The van der Waals surface area contributed by atoms with Crippen LogP contribution >= 0.6 is 0 Å². The fraction of sp³-hybridized carbons (Fsp3) is 0.333. The number of amides is 1. The van der Waals surface area contributed by atoms with Crippen molar-refractivity contribution in [2.45, 2.75) is 19.8 Å². The molecular weight excluding hydrogens is 230 g/mol. The Bertz CT molecular complexity index is 567. The Hall–Kier alpha value is -2.24. The Balaban J connectivity index is 2.13. The van der Waals surface area contributed by atoms with Crippen LogP contribution in [0.4, 0.5) is 11.5 Å². The van der Waals surface area contributed by atoms with Gasteiger partial charge < -0.3 is 15.6 Å². The fourth-order valence-corrected chi connectivity index (χ4v) is 1.69. The quantitative estimate of drug-likeness (QED) is 0.771. The van der Waals surface area contributed by atoms with Crippen LogP contribution in [0.2, 0.25) is 0 Å². The van der Waals surface area contributed by atoms with Crippen LogP contribution in [0.15, 0.2) is 18.3 Å². The molecule has 2 rings (SSSR count). The first-order chi connectivity index (χ1) is 8.47. The fourth-order valence-electron chi connectivity index (χ4n) is 1.69. The maximum absolute atomic E-state index is 12.0. The van der Waals surface area contributed by atoms with E-state index in [0.29, 0.717) is 23.1 Å². The molecule has 6 nitrogen and oxygen atoms in total. The van der Waals surface area contributed by atoms with E-state index in [1.54, 1.807) is 23.9 Å². The number of carbonyl (C=O) groups is 1. The highest BCUT2D eigenvalue weighted by molar-refractivity contribution is 6.03. The van der Waals surface area contributed by atoms with E-state index in [1.165, 1.54) is 0 Å². The second-order valence-electron chi connectivity index (χ2n) is 4.59. The predicted molar refractivity (Wildman–Crippen MR) is 70.5 cm³/mol. The molecule has 0 aliphatic carbocycles. The molecule has 2 aromatic rings. The summed E-state index contributed by atoms with van der Waals surface area (Å²) in [6, 6.07) is 3.46. The monoisotopic (exact) mass is 247 g/mol. The van der Waals surface area contributed by atoms with Gasteiger partial charge in [-0.15, -0.1) is 0 Å². The number of nitrogens with one attached hydrogen (secondary N) is 2. The smallest absolute Gasteiger partial charge is 0.273 e. The van der Waals surface area contributed by atoms with Crippen molar-refractivity contribution in [3.05, 3.63) is 29.7 Å². The summed E-state index contributed by atoms with van der Waals surface area (Å²) in [5.41, 5.74) is 7.68. The summed E-state index contributed by atoms with van der Waals surface area (Å²) in [5.74, 6) is 0.633. The van der Waals surface area contributed by atoms with Crippen molar-refractivity contribution >= 4 is 17.4 Å². The predicted octanol–water partition coefficient (Wildman–Crippen LogP) is 1.71. The number of aromatic nitrogens is 3. The zero-order chi connectivity index (χ0) is 13.3. The van der Waals surface area contributed by atoms with E-state index in [0.717, 1.165) is 5.69 Å². The van der Waals surface area contributed by atoms with Crippen molar-refractivity contribution in [2.75, 3.05) is 11.1 Å². The standard InChI is InChI=1S/C12H17N5O/c1-7(2)9-5-11(16-15-9)14-12(18)10-4-8(13)6-17(10)3/h4-7H,13H2,1-3H3,(H2,14,15,16,18). The van der Waals surface area contributed by atoms with Gasteiger partial charge in [-0.05, 0) is 12.0 Å². The number of H-pyrrole nitrogens is 1. The molecular formula is C12H17N5O. The number of nitrogens with zero attached hydrogens (tertiary/aromatic N) is 2. The van der Waals surface area contributed by atoms with E-state index >= 15 is 0 Å². The van der Waals surface area contributed by atoms with Gasteiger partial charge in [0.25, 0.3) is 5.91 Å². The highest BCUT2D eigenvalue weighted by atomic mass is 16.2. The number of rotatable bonds is 3. The van der Waals surface area contributed by atoms with E-state index in [-0.39, 0.29) is 5.91 Å². The van der Waals surface area contributed by atoms with Crippen molar-refractivity contribution in [3.8, 4) is 0 Å². The van der Waals surface area contributed by atoms with Gasteiger partial charge in [-0.2, -0.15) is 5.10 Å². The molecule has 0 saturated heterocycles. The van der Waals surface area contributed by atoms with Crippen LogP contribution in [0.1, 0.15) is 35.9 Å². The molecule has 0 aromatic carbocycles. The molecule has 0 radical (unpaired) electrons. The summed E-state index contributed by atoms with van der Waals surface area (Å²) in [6.45, 7) is 4.11. The first kappa shape index (κ1) is 12.2. The summed E-state index contributed by atoms with van der Waals surface area (Å²) >= 11 is 0. The number of carbonyl (C=O) groups excluding carboxylic acids is 1. The highest BCUT2D eigenvalue weighted by Gasteiger charge is 2.13. The van der Waals surface area contributed by atoms with E-state index in [2.05, 4.69) is 29.4 Å². The summed E-state index contributed by atoms with van der Waals surface area (Å²) in [5, 5.41) is 9.66. The molecule has 0 spiro atoms. The van der Waals surface area contributed by atoms with Gasteiger partial charge in [0.15, 0.2) is 5.82 Å². The second kappa shape index (κ2) is 4.56. The third-order valence-corrected chi connectivity index (χ3v) is 2.72. The average molecular weight is 247 g/mol. The van der Waals surface area contributed by atoms with E-state index in [9.17, 15) is 4.79 Å². The van der Waals surface area contributed by atoms with Crippen LogP contribution < -0.4 is 11.1 Å². The maximum Gasteiger partial charge on any atom is 0.273 e. The minimum Gasteiger partial charge on any atom is -0.397 e. The van der Waals surface area contributed by atoms with Crippen LogP contribution in [0.3, 0.4) is 0 Å². The van der Waals surface area contributed by atoms with Gasteiger partial charge in [0.2, 0.25) is 0 Å². The number of nitrogens with two attached hydrogens (primary N) is 1. The van der Waals surface area contributed by atoms with E-state index < -0.39 is 0 Å². The lowest BCUT2D eigenvalue weighted by Gasteiger charge is -2.02. The van der Waals surface area contributed by atoms with Crippen LogP contribution in [0, 0.1) is 0 Å². The summed E-state index contributed by atoms with van der Waals surface area (Å²) in [6.07, 6.45) is 1.69. The molecule has 0 unspecified atom stereocenters. The molecule has 96 valence electrons. The molecule has 4 N–H and O–H groups in total. The van der Waals surface area contributed by atoms with Gasteiger partial charge in [0, 0.05) is 25.0 Å². The Morgan fingerprint density at radius 3 is 2.72 bits per heavy atom. The molecule has 2 heterocycles. The maximum atomic E-state index is 12.0. The highest BCUT2D eigenvalue weighted by Crippen LogP contribution is 2.16. The number of aromatic amines is 1. The molecule has 1 amide bonds. The third-order valence-electron chi connectivity index (χ3n) is 2.72. The second-order valence-corrected chi connectivity index (χ2v) is 4.59. The van der Waals surface area contributed by atoms with Gasteiger partial charge in [0.1, 0.15) is 5.69 Å². The summed E-state index contributed by atoms with van der Waals surface area (Å²) in [4.78, 5) is 12.0. The lowest BCUT2D eigenvalue weighted by Crippen LogP contribution is -2.15.